The third-order valence-corrected chi connectivity index (χ3v) is 4.12. The number of anilines is 1. The van der Waals surface area contributed by atoms with Crippen LogP contribution in [0.4, 0.5) is 11.4 Å². The molecule has 1 aliphatic rings. The molecular weight excluding hydrogens is 342 g/mol. The molecule has 0 aromatic heterocycles. The molecule has 26 heavy (non-hydrogen) atoms. The zero-order valence-corrected chi connectivity index (χ0v) is 14.9. The van der Waals surface area contributed by atoms with Gasteiger partial charge in [-0.2, -0.15) is 0 Å². The number of amides is 1. The number of carbonyl (C=O) groups excluding carboxylic acids is 2. The number of hydrogen-bond donors (Lipinski definition) is 1. The zero-order chi connectivity index (χ0) is 19.1. The van der Waals surface area contributed by atoms with E-state index < -0.39 is 23.4 Å². The van der Waals surface area contributed by atoms with E-state index >= 15 is 0 Å². The highest BCUT2D eigenvalue weighted by Crippen LogP contribution is 2.27. The number of benzene rings is 1. The van der Waals surface area contributed by atoms with Crippen LogP contribution in [0.1, 0.15) is 30.6 Å². The smallest absolute Gasteiger partial charge is 0.341 e. The van der Waals surface area contributed by atoms with E-state index in [1.807, 2.05) is 18.7 Å². The van der Waals surface area contributed by atoms with Crippen molar-refractivity contribution in [3.05, 3.63) is 33.9 Å². The zero-order valence-electron chi connectivity index (χ0n) is 14.9. The average Bonchev–Trinajstić information content (AvgIpc) is 2.66. The lowest BCUT2D eigenvalue weighted by Crippen LogP contribution is -2.37. The first-order valence-electron chi connectivity index (χ1n) is 8.50. The van der Waals surface area contributed by atoms with Gasteiger partial charge < -0.3 is 19.7 Å². The fraction of sp³-hybridized carbons (Fsp3) is 0.529. The topological polar surface area (TPSA) is 111 Å². The van der Waals surface area contributed by atoms with Crippen LogP contribution >= 0.6 is 0 Å². The molecule has 0 spiro atoms. The van der Waals surface area contributed by atoms with E-state index in [-0.39, 0.29) is 17.3 Å². The van der Waals surface area contributed by atoms with Crippen molar-refractivity contribution in [3.63, 3.8) is 0 Å². The quantitative estimate of drug-likeness (QED) is 0.443. The fourth-order valence-electron chi connectivity index (χ4n) is 2.51. The second kappa shape index (κ2) is 9.14. The Morgan fingerprint density at radius 1 is 1.38 bits per heavy atom. The fourth-order valence-corrected chi connectivity index (χ4v) is 2.51. The number of nitrogens with one attached hydrogen (secondary N) is 1. The highest BCUT2D eigenvalue weighted by Gasteiger charge is 2.23. The molecule has 1 amide bonds. The van der Waals surface area contributed by atoms with Gasteiger partial charge in [-0.15, -0.1) is 0 Å². The van der Waals surface area contributed by atoms with Crippen LogP contribution < -0.4 is 10.2 Å². The lowest BCUT2D eigenvalue weighted by atomic mass is 10.1. The Bertz CT molecular complexity index is 672. The third kappa shape index (κ3) is 5.16. The molecule has 1 N–H and O–H groups in total. The van der Waals surface area contributed by atoms with Gasteiger partial charge in [-0.3, -0.25) is 14.9 Å². The Balaban J connectivity index is 2.15. The molecule has 0 bridgehead atoms. The number of hydrogen-bond acceptors (Lipinski definition) is 7. The Kier molecular flexibility index (Phi) is 6.90. The highest BCUT2D eigenvalue weighted by atomic mass is 16.6. The number of esters is 1. The molecule has 1 aromatic carbocycles. The van der Waals surface area contributed by atoms with E-state index in [1.54, 1.807) is 0 Å². The third-order valence-electron chi connectivity index (χ3n) is 4.12. The second-order valence-corrected chi connectivity index (χ2v) is 6.01. The summed E-state index contributed by atoms with van der Waals surface area (Å²) >= 11 is 0. The van der Waals surface area contributed by atoms with Gasteiger partial charge in [-0.05, 0) is 19.4 Å². The summed E-state index contributed by atoms with van der Waals surface area (Å²) in [5.74, 6) is -1.18. The van der Waals surface area contributed by atoms with Crippen molar-refractivity contribution in [2.24, 2.45) is 0 Å². The molecule has 9 nitrogen and oxygen atoms in total. The number of nitro groups is 1. The van der Waals surface area contributed by atoms with Crippen molar-refractivity contribution in [1.29, 1.82) is 0 Å². The summed E-state index contributed by atoms with van der Waals surface area (Å²) in [5.41, 5.74) is 0.390. The van der Waals surface area contributed by atoms with E-state index in [0.717, 1.165) is 6.42 Å². The summed E-state index contributed by atoms with van der Waals surface area (Å²) in [6.07, 6.45) is 0.756. The van der Waals surface area contributed by atoms with Crippen LogP contribution in [0.5, 0.6) is 0 Å². The molecule has 2 rings (SSSR count). The molecule has 9 heteroatoms. The first-order chi connectivity index (χ1) is 12.4. The summed E-state index contributed by atoms with van der Waals surface area (Å²) in [5, 5.41) is 13.7. The predicted molar refractivity (Wildman–Crippen MR) is 94.3 cm³/mol. The molecule has 0 aliphatic carbocycles. The van der Waals surface area contributed by atoms with Gasteiger partial charge in [0, 0.05) is 31.3 Å². The molecule has 1 heterocycles. The Hall–Kier alpha value is -2.68. The van der Waals surface area contributed by atoms with Gasteiger partial charge in [0.2, 0.25) is 0 Å². The minimum Gasteiger partial charge on any atom is -0.452 e. The van der Waals surface area contributed by atoms with Crippen LogP contribution in [-0.2, 0) is 14.3 Å². The summed E-state index contributed by atoms with van der Waals surface area (Å²) in [4.78, 5) is 36.6. The molecule has 1 unspecified atom stereocenters. The summed E-state index contributed by atoms with van der Waals surface area (Å²) in [6.45, 7) is 5.46. The Labute approximate surface area is 151 Å². The van der Waals surface area contributed by atoms with E-state index in [1.165, 1.54) is 18.2 Å². The van der Waals surface area contributed by atoms with Gasteiger partial charge in [-0.25, -0.2) is 4.79 Å². The van der Waals surface area contributed by atoms with E-state index in [0.29, 0.717) is 32.0 Å². The molecule has 1 aliphatic heterocycles. The maximum absolute atomic E-state index is 12.5. The van der Waals surface area contributed by atoms with Crippen LogP contribution in [0.2, 0.25) is 0 Å². The van der Waals surface area contributed by atoms with Crippen molar-refractivity contribution in [1.82, 2.24) is 5.32 Å². The van der Waals surface area contributed by atoms with Gasteiger partial charge in [0.25, 0.3) is 11.6 Å². The summed E-state index contributed by atoms with van der Waals surface area (Å²) in [6, 6.07) is 4.03. The van der Waals surface area contributed by atoms with Crippen molar-refractivity contribution >= 4 is 23.3 Å². The lowest BCUT2D eigenvalue weighted by Gasteiger charge is -2.30. The monoisotopic (exact) mass is 365 g/mol. The van der Waals surface area contributed by atoms with E-state index in [9.17, 15) is 19.7 Å². The molecule has 1 atom stereocenters. The van der Waals surface area contributed by atoms with Crippen LogP contribution in [0.15, 0.2) is 18.2 Å². The van der Waals surface area contributed by atoms with Gasteiger partial charge in [0.1, 0.15) is 0 Å². The number of nitro benzene ring substituents is 1. The normalized spacial score (nSPS) is 15.2. The van der Waals surface area contributed by atoms with Crippen LogP contribution in [0, 0.1) is 10.1 Å². The molecular formula is C17H23N3O6. The van der Waals surface area contributed by atoms with Crippen LogP contribution in [0.3, 0.4) is 0 Å². The molecule has 142 valence electrons. The minimum atomic E-state index is -0.769. The lowest BCUT2D eigenvalue weighted by molar-refractivity contribution is -0.384. The van der Waals surface area contributed by atoms with Crippen LogP contribution in [-0.4, -0.2) is 55.8 Å². The molecule has 1 saturated heterocycles. The van der Waals surface area contributed by atoms with Crippen molar-refractivity contribution in [3.8, 4) is 0 Å². The van der Waals surface area contributed by atoms with Crippen molar-refractivity contribution < 1.29 is 24.0 Å². The minimum absolute atomic E-state index is 0.0251. The Morgan fingerprint density at radius 2 is 2.08 bits per heavy atom. The number of rotatable bonds is 7. The number of nitrogens with zero attached hydrogens (tertiary/aromatic N) is 2. The molecule has 0 saturated carbocycles. The number of ether oxygens (including phenoxy) is 2. The van der Waals surface area contributed by atoms with Gasteiger partial charge in [-0.1, -0.05) is 6.92 Å². The maximum atomic E-state index is 12.5. The maximum Gasteiger partial charge on any atom is 0.341 e. The first-order valence-corrected chi connectivity index (χ1v) is 8.50. The van der Waals surface area contributed by atoms with Crippen LogP contribution in [0.25, 0.3) is 0 Å². The summed E-state index contributed by atoms with van der Waals surface area (Å²) < 4.78 is 10.4. The van der Waals surface area contributed by atoms with Gasteiger partial charge in [0.15, 0.2) is 6.61 Å². The molecule has 0 radical (unpaired) electrons. The van der Waals surface area contributed by atoms with Crippen molar-refractivity contribution in [2.75, 3.05) is 37.8 Å². The number of carbonyl (C=O) groups is 2. The van der Waals surface area contributed by atoms with Gasteiger partial charge >= 0.3 is 5.97 Å². The molecule has 1 fully saturated rings. The predicted octanol–water partition coefficient (Wildman–Crippen LogP) is 1.50. The highest BCUT2D eigenvalue weighted by molar-refractivity contribution is 5.97. The van der Waals surface area contributed by atoms with Gasteiger partial charge in [0.05, 0.1) is 29.4 Å². The second-order valence-electron chi connectivity index (χ2n) is 6.01. The summed E-state index contributed by atoms with van der Waals surface area (Å²) in [7, 11) is 0. The number of morpholine rings is 1. The average molecular weight is 365 g/mol. The number of non-ortho nitro benzene ring substituents is 1. The SMILES string of the molecule is CCC(C)NC(=O)COC(=O)c1cc([N+](=O)[O-])ccc1N1CCOCC1. The van der Waals surface area contributed by atoms with Crippen molar-refractivity contribution in [2.45, 2.75) is 26.3 Å². The molecule has 1 aromatic rings. The largest absolute Gasteiger partial charge is 0.452 e. The first kappa shape index (κ1) is 19.6. The van der Waals surface area contributed by atoms with E-state index in [4.69, 9.17) is 9.47 Å². The standard InChI is InChI=1S/C17H23N3O6/c1-3-12(2)18-16(21)11-26-17(22)14-10-13(20(23)24)4-5-15(14)19-6-8-25-9-7-19/h4-5,10,12H,3,6-9,11H2,1-2H3,(H,18,21). The van der Waals surface area contributed by atoms with E-state index in [2.05, 4.69) is 5.32 Å². The Morgan fingerprint density at radius 3 is 2.69 bits per heavy atom.